The summed E-state index contributed by atoms with van der Waals surface area (Å²) in [6.07, 6.45) is 3.42. The van der Waals surface area contributed by atoms with Gasteiger partial charge in [0.15, 0.2) is 5.82 Å². The molecule has 6 nitrogen and oxygen atoms in total. The number of benzene rings is 2. The molecule has 0 atom stereocenters. The normalized spacial score (nSPS) is 11.0. The highest BCUT2D eigenvalue weighted by Crippen LogP contribution is 2.24. The lowest BCUT2D eigenvalue weighted by Gasteiger charge is -2.05. The molecule has 140 valence electrons. The third-order valence-corrected chi connectivity index (χ3v) is 4.85. The van der Waals surface area contributed by atoms with Gasteiger partial charge in [-0.25, -0.2) is 4.98 Å². The van der Waals surface area contributed by atoms with Crippen LogP contribution in [0.2, 0.25) is 5.02 Å². The molecule has 0 aliphatic rings. The summed E-state index contributed by atoms with van der Waals surface area (Å²) in [5.41, 5.74) is 8.37. The molecule has 28 heavy (non-hydrogen) atoms. The monoisotopic (exact) mass is 392 g/mol. The van der Waals surface area contributed by atoms with Crippen LogP contribution in [0.3, 0.4) is 0 Å². The van der Waals surface area contributed by atoms with Gasteiger partial charge in [0.1, 0.15) is 5.69 Å². The van der Waals surface area contributed by atoms with Crippen molar-refractivity contribution in [3.63, 3.8) is 0 Å². The number of amides is 1. The van der Waals surface area contributed by atoms with E-state index in [0.717, 1.165) is 22.0 Å². The molecule has 0 fully saturated rings. The summed E-state index contributed by atoms with van der Waals surface area (Å²) in [5.74, 6) is -0.726. The second kappa shape index (κ2) is 7.32. The highest BCUT2D eigenvalue weighted by molar-refractivity contribution is 6.30. The smallest absolute Gasteiger partial charge is 0.266 e. The van der Waals surface area contributed by atoms with Gasteiger partial charge in [-0.3, -0.25) is 9.59 Å². The third kappa shape index (κ3) is 3.54. The first-order valence-corrected chi connectivity index (χ1v) is 9.08. The summed E-state index contributed by atoms with van der Waals surface area (Å²) in [5, 5.41) is 1.70. The van der Waals surface area contributed by atoms with E-state index < -0.39 is 5.91 Å². The number of Topliss-reactive ketones (excluding diaryl/α,β-unsaturated/α-hetero) is 1. The van der Waals surface area contributed by atoms with E-state index in [1.165, 1.54) is 6.20 Å². The Labute approximate surface area is 166 Å². The number of H-pyrrole nitrogens is 1. The Bertz CT molecular complexity index is 1170. The summed E-state index contributed by atoms with van der Waals surface area (Å²) >= 11 is 5.97. The van der Waals surface area contributed by atoms with E-state index >= 15 is 0 Å². The molecule has 0 bridgehead atoms. The first-order valence-electron chi connectivity index (χ1n) is 8.70. The van der Waals surface area contributed by atoms with Crippen molar-refractivity contribution in [1.82, 2.24) is 14.5 Å². The van der Waals surface area contributed by atoms with E-state index in [2.05, 4.69) is 14.5 Å². The van der Waals surface area contributed by atoms with Crippen LogP contribution in [0.25, 0.3) is 10.9 Å². The van der Waals surface area contributed by atoms with Crippen LogP contribution in [-0.2, 0) is 13.0 Å². The van der Waals surface area contributed by atoms with Crippen molar-refractivity contribution in [1.29, 1.82) is 0 Å². The number of primary amides is 1. The fraction of sp³-hybridized carbons (Fsp3) is 0.0952. The van der Waals surface area contributed by atoms with Crippen molar-refractivity contribution < 1.29 is 9.59 Å². The number of nitrogens with zero attached hydrogens (tertiary/aromatic N) is 2. The van der Waals surface area contributed by atoms with Gasteiger partial charge in [-0.05, 0) is 29.3 Å². The molecule has 4 rings (SSSR count). The molecule has 1 amide bonds. The number of fused-ring (bicyclic) bond motifs is 1. The molecule has 0 spiro atoms. The van der Waals surface area contributed by atoms with Gasteiger partial charge in [0.25, 0.3) is 5.91 Å². The summed E-state index contributed by atoms with van der Waals surface area (Å²) in [7, 11) is 0. The van der Waals surface area contributed by atoms with Crippen LogP contribution in [-0.4, -0.2) is 26.2 Å². The van der Waals surface area contributed by atoms with Crippen LogP contribution >= 0.6 is 11.6 Å². The number of aromatic amines is 1. The number of hydrogen-bond donors (Lipinski definition) is 2. The van der Waals surface area contributed by atoms with Crippen LogP contribution < -0.4 is 5.73 Å². The summed E-state index contributed by atoms with van der Waals surface area (Å²) in [6.45, 7) is 0.665. The van der Waals surface area contributed by atoms with Gasteiger partial charge in [-0.2, -0.15) is 0 Å². The zero-order valence-electron chi connectivity index (χ0n) is 14.9. The molecule has 2 aromatic heterocycles. The Morgan fingerprint density at radius 3 is 2.57 bits per heavy atom. The lowest BCUT2D eigenvalue weighted by molar-refractivity contribution is 0.0984. The fourth-order valence-corrected chi connectivity index (χ4v) is 3.35. The van der Waals surface area contributed by atoms with Gasteiger partial charge < -0.3 is 15.3 Å². The maximum absolute atomic E-state index is 12.6. The number of imidazole rings is 1. The topological polar surface area (TPSA) is 93.8 Å². The summed E-state index contributed by atoms with van der Waals surface area (Å²) in [4.78, 5) is 30.5. The van der Waals surface area contributed by atoms with Gasteiger partial charge in [-0.1, -0.05) is 41.9 Å². The molecule has 0 aliphatic heterocycles. The van der Waals surface area contributed by atoms with Gasteiger partial charge in [0, 0.05) is 35.1 Å². The SMILES string of the molecule is NC(=O)c1cnc(C(=O)Cc2cn(Cc3ccc(Cl)cc3)c3ccccc23)[nH]1. The highest BCUT2D eigenvalue weighted by atomic mass is 35.5. The molecular weight excluding hydrogens is 376 g/mol. The van der Waals surface area contributed by atoms with Crippen molar-refractivity contribution in [2.24, 2.45) is 5.73 Å². The van der Waals surface area contributed by atoms with Crippen LogP contribution in [0.15, 0.2) is 60.9 Å². The zero-order chi connectivity index (χ0) is 19.7. The summed E-state index contributed by atoms with van der Waals surface area (Å²) < 4.78 is 2.11. The van der Waals surface area contributed by atoms with Gasteiger partial charge in [0.05, 0.1) is 6.20 Å². The Kier molecular flexibility index (Phi) is 4.71. The number of aromatic nitrogens is 3. The Morgan fingerprint density at radius 2 is 1.86 bits per heavy atom. The summed E-state index contributed by atoms with van der Waals surface area (Å²) in [6, 6.07) is 15.6. The van der Waals surface area contributed by atoms with Crippen molar-refractivity contribution in [2.75, 3.05) is 0 Å². The van der Waals surface area contributed by atoms with Gasteiger partial charge in [0.2, 0.25) is 5.78 Å². The molecule has 0 saturated heterocycles. The van der Waals surface area contributed by atoms with E-state index in [1.807, 2.05) is 54.7 Å². The zero-order valence-corrected chi connectivity index (χ0v) is 15.6. The first-order chi connectivity index (χ1) is 13.5. The van der Waals surface area contributed by atoms with Gasteiger partial charge in [-0.15, -0.1) is 0 Å². The number of nitrogens with two attached hydrogens (primary N) is 1. The Morgan fingerprint density at radius 1 is 1.11 bits per heavy atom. The van der Waals surface area contributed by atoms with Crippen LogP contribution in [0, 0.1) is 0 Å². The minimum Gasteiger partial charge on any atom is -0.364 e. The lowest BCUT2D eigenvalue weighted by atomic mass is 10.1. The predicted molar refractivity (Wildman–Crippen MR) is 108 cm³/mol. The van der Waals surface area contributed by atoms with Crippen molar-refractivity contribution in [3.8, 4) is 0 Å². The number of hydrogen-bond acceptors (Lipinski definition) is 3. The average molecular weight is 393 g/mol. The number of nitrogens with one attached hydrogen (secondary N) is 1. The van der Waals surface area contributed by atoms with Crippen molar-refractivity contribution >= 4 is 34.2 Å². The first kappa shape index (κ1) is 18.0. The van der Waals surface area contributed by atoms with E-state index in [4.69, 9.17) is 17.3 Å². The number of ketones is 1. The van der Waals surface area contributed by atoms with E-state index in [0.29, 0.717) is 11.6 Å². The standard InChI is InChI=1S/C21H17ClN4O2/c22-15-7-5-13(6-8-15)11-26-12-14(16-3-1-2-4-18(16)26)9-19(27)21-24-10-17(25-21)20(23)28/h1-8,10,12H,9,11H2,(H2,23,28)(H,24,25). The second-order valence-corrected chi connectivity index (χ2v) is 6.97. The number of carbonyl (C=O) groups is 2. The largest absolute Gasteiger partial charge is 0.364 e. The van der Waals surface area contributed by atoms with E-state index in [1.54, 1.807) is 0 Å². The second-order valence-electron chi connectivity index (χ2n) is 6.54. The maximum atomic E-state index is 12.6. The third-order valence-electron chi connectivity index (χ3n) is 4.59. The van der Waals surface area contributed by atoms with E-state index in [9.17, 15) is 9.59 Å². The highest BCUT2D eigenvalue weighted by Gasteiger charge is 2.17. The molecule has 2 aromatic carbocycles. The molecule has 7 heteroatoms. The Hall–Kier alpha value is -3.38. The fourth-order valence-electron chi connectivity index (χ4n) is 3.23. The Balaban J connectivity index is 1.64. The van der Waals surface area contributed by atoms with Crippen LogP contribution in [0.5, 0.6) is 0 Å². The quantitative estimate of drug-likeness (QED) is 0.491. The number of halogens is 1. The average Bonchev–Trinajstić information content (AvgIpc) is 3.30. The number of rotatable bonds is 6. The molecule has 4 aromatic rings. The number of carbonyl (C=O) groups excluding carboxylic acids is 2. The predicted octanol–water partition coefficient (Wildman–Crippen LogP) is 3.59. The minimum atomic E-state index is -0.647. The van der Waals surface area contributed by atoms with Crippen molar-refractivity contribution in [3.05, 3.63) is 88.6 Å². The molecule has 0 radical (unpaired) electrons. The molecule has 2 heterocycles. The van der Waals surface area contributed by atoms with E-state index in [-0.39, 0.29) is 23.7 Å². The molecule has 0 aliphatic carbocycles. The van der Waals surface area contributed by atoms with Gasteiger partial charge >= 0.3 is 0 Å². The molecule has 3 N–H and O–H groups in total. The molecular formula is C21H17ClN4O2. The van der Waals surface area contributed by atoms with Crippen LogP contribution in [0.1, 0.15) is 32.2 Å². The molecule has 0 unspecified atom stereocenters. The number of para-hydroxylation sites is 1. The molecule has 0 saturated carbocycles. The minimum absolute atomic E-state index is 0.119. The maximum Gasteiger partial charge on any atom is 0.266 e. The lowest BCUT2D eigenvalue weighted by Crippen LogP contribution is -2.12. The van der Waals surface area contributed by atoms with Crippen LogP contribution in [0.4, 0.5) is 0 Å². The van der Waals surface area contributed by atoms with Crippen molar-refractivity contribution in [2.45, 2.75) is 13.0 Å².